The van der Waals surface area contributed by atoms with E-state index in [1.165, 1.54) is 88.1 Å². The maximum atomic E-state index is 2.44. The first-order chi connectivity index (χ1) is 27.8. The zero-order valence-corrected chi connectivity index (χ0v) is 30.7. The second kappa shape index (κ2) is 13.2. The fraction of sp³-hybridized carbons (Fsp3) is 0. The van der Waals surface area contributed by atoms with Gasteiger partial charge in [0.25, 0.3) is 0 Å². The van der Waals surface area contributed by atoms with E-state index in [0.717, 1.165) is 11.4 Å². The topological polar surface area (TPSA) is 9.86 Å². The number of benzene rings is 9. The molecule has 0 spiro atoms. The molecule has 0 aliphatic carbocycles. The smallest absolute Gasteiger partial charge is 0.0548 e. The molecule has 0 amide bonds. The van der Waals surface area contributed by atoms with Crippen molar-refractivity contribution >= 4 is 43.6 Å². The van der Waals surface area contributed by atoms with E-state index in [4.69, 9.17) is 0 Å². The van der Waals surface area contributed by atoms with E-state index in [9.17, 15) is 0 Å². The summed E-state index contributed by atoms with van der Waals surface area (Å²) in [6.07, 6.45) is 0. The van der Waals surface area contributed by atoms with E-state index >= 15 is 0 Å². The highest BCUT2D eigenvalue weighted by atomic mass is 15.0. The Morgan fingerprint density at radius 1 is 0.196 bits per heavy atom. The molecule has 2 heteroatoms. The van der Waals surface area contributed by atoms with Crippen molar-refractivity contribution in [3.8, 4) is 55.9 Å². The molecule has 56 heavy (non-hydrogen) atoms. The van der Waals surface area contributed by atoms with Gasteiger partial charge < -0.3 is 9.13 Å². The summed E-state index contributed by atoms with van der Waals surface area (Å²) < 4.78 is 4.87. The van der Waals surface area contributed by atoms with Gasteiger partial charge in [0.1, 0.15) is 0 Å². The second-order valence-electron chi connectivity index (χ2n) is 14.6. The van der Waals surface area contributed by atoms with Crippen LogP contribution in [0.25, 0.3) is 99.5 Å². The fourth-order valence-corrected chi connectivity index (χ4v) is 8.61. The van der Waals surface area contributed by atoms with Gasteiger partial charge in [0.2, 0.25) is 0 Å². The molecule has 0 radical (unpaired) electrons. The molecule has 0 N–H and O–H groups in total. The average molecular weight is 713 g/mol. The van der Waals surface area contributed by atoms with Crippen LogP contribution in [0.5, 0.6) is 0 Å². The lowest BCUT2D eigenvalue weighted by atomic mass is 9.99. The molecule has 0 bridgehead atoms. The van der Waals surface area contributed by atoms with E-state index in [1.54, 1.807) is 0 Å². The predicted molar refractivity (Wildman–Crippen MR) is 237 cm³/mol. The van der Waals surface area contributed by atoms with Crippen molar-refractivity contribution in [1.29, 1.82) is 0 Å². The first-order valence-electron chi connectivity index (χ1n) is 19.3. The van der Waals surface area contributed by atoms with Crippen LogP contribution in [0.1, 0.15) is 0 Å². The molecular weight excluding hydrogens is 677 g/mol. The normalized spacial score (nSPS) is 11.6. The molecule has 0 atom stereocenters. The third kappa shape index (κ3) is 5.34. The average Bonchev–Trinajstić information content (AvgIpc) is 3.78. The van der Waals surface area contributed by atoms with Gasteiger partial charge in [-0.15, -0.1) is 0 Å². The van der Waals surface area contributed by atoms with Gasteiger partial charge in [-0.05, 0) is 99.1 Å². The van der Waals surface area contributed by atoms with E-state index in [1.807, 2.05) is 0 Å². The summed E-state index contributed by atoms with van der Waals surface area (Å²) in [5.74, 6) is 0. The van der Waals surface area contributed by atoms with Crippen molar-refractivity contribution in [2.45, 2.75) is 0 Å². The van der Waals surface area contributed by atoms with Crippen LogP contribution in [0.2, 0.25) is 0 Å². The number of nitrogens with zero attached hydrogens (tertiary/aromatic N) is 2. The molecule has 9 aromatic carbocycles. The number of aromatic nitrogens is 2. The van der Waals surface area contributed by atoms with Gasteiger partial charge in [0, 0.05) is 32.9 Å². The molecule has 11 aromatic rings. The first kappa shape index (κ1) is 32.0. The number of hydrogen-bond acceptors (Lipinski definition) is 0. The van der Waals surface area contributed by atoms with Crippen LogP contribution in [-0.2, 0) is 0 Å². The van der Waals surface area contributed by atoms with Gasteiger partial charge in [-0.1, -0.05) is 164 Å². The molecule has 0 fully saturated rings. The highest BCUT2D eigenvalue weighted by molar-refractivity contribution is 6.19. The summed E-state index contributed by atoms with van der Waals surface area (Å²) >= 11 is 0. The van der Waals surface area contributed by atoms with Crippen LogP contribution in [0.15, 0.2) is 218 Å². The van der Waals surface area contributed by atoms with Crippen LogP contribution >= 0.6 is 0 Å². The zero-order chi connectivity index (χ0) is 37.0. The minimum absolute atomic E-state index is 1.15. The minimum Gasteiger partial charge on any atom is -0.309 e. The molecular formula is C54H36N2. The van der Waals surface area contributed by atoms with Crippen molar-refractivity contribution in [1.82, 2.24) is 9.13 Å². The summed E-state index contributed by atoms with van der Waals surface area (Å²) in [6.45, 7) is 0. The Hall–Kier alpha value is -7.42. The van der Waals surface area contributed by atoms with E-state index < -0.39 is 0 Å². The lowest BCUT2D eigenvalue weighted by Gasteiger charge is -2.12. The van der Waals surface area contributed by atoms with Crippen LogP contribution in [-0.4, -0.2) is 9.13 Å². The molecule has 0 aliphatic heterocycles. The Bertz CT molecular complexity index is 3200. The van der Waals surface area contributed by atoms with Gasteiger partial charge in [0.05, 0.1) is 22.1 Å². The largest absolute Gasteiger partial charge is 0.309 e. The predicted octanol–water partition coefficient (Wildman–Crippen LogP) is 14.5. The molecule has 0 aliphatic rings. The second-order valence-corrected chi connectivity index (χ2v) is 14.6. The maximum absolute atomic E-state index is 2.44. The standard InChI is InChI=1S/C54H36N2/c1-3-13-37(14-4-1)39-25-27-40(28-26-39)44-19-12-20-46(34-44)56-52-24-10-8-22-48(52)50-35-53-49(36-54(50)56)47-21-7-9-23-51(47)55(53)45-31-29-41(30-32-45)43-18-11-17-42(33-43)38-15-5-2-6-16-38/h1-36H. The molecule has 2 heterocycles. The Morgan fingerprint density at radius 3 is 1.12 bits per heavy atom. The maximum Gasteiger partial charge on any atom is 0.0548 e. The quantitative estimate of drug-likeness (QED) is 0.162. The van der Waals surface area contributed by atoms with Crippen molar-refractivity contribution in [3.05, 3.63) is 218 Å². The Kier molecular flexibility index (Phi) is 7.53. The number of para-hydroxylation sites is 2. The number of fused-ring (bicyclic) bond motifs is 6. The van der Waals surface area contributed by atoms with Crippen LogP contribution < -0.4 is 0 Å². The van der Waals surface area contributed by atoms with Gasteiger partial charge in [-0.25, -0.2) is 0 Å². The summed E-state index contributed by atoms with van der Waals surface area (Å²) in [7, 11) is 0. The molecule has 0 unspecified atom stereocenters. The molecule has 2 nitrogen and oxygen atoms in total. The lowest BCUT2D eigenvalue weighted by molar-refractivity contribution is 1.17. The molecule has 262 valence electrons. The van der Waals surface area contributed by atoms with E-state index in [2.05, 4.69) is 228 Å². The highest BCUT2D eigenvalue weighted by Gasteiger charge is 2.19. The summed E-state index contributed by atoms with van der Waals surface area (Å²) in [4.78, 5) is 0. The van der Waals surface area contributed by atoms with E-state index in [0.29, 0.717) is 0 Å². The Balaban J connectivity index is 1.04. The SMILES string of the molecule is c1ccc(-c2ccc(-c3cccc(-n4c5ccccc5c5cc6c(cc54)c4ccccc4n6-c4ccc(-c5cccc(-c6ccccc6)c5)cc4)c3)cc2)cc1. The molecule has 0 saturated heterocycles. The number of hydrogen-bond donors (Lipinski definition) is 0. The monoisotopic (exact) mass is 712 g/mol. The number of rotatable bonds is 6. The molecule has 2 aromatic heterocycles. The van der Waals surface area contributed by atoms with Crippen LogP contribution in [0.4, 0.5) is 0 Å². The van der Waals surface area contributed by atoms with Crippen LogP contribution in [0, 0.1) is 0 Å². The van der Waals surface area contributed by atoms with Crippen molar-refractivity contribution < 1.29 is 0 Å². The Labute approximate surface area is 325 Å². The van der Waals surface area contributed by atoms with Crippen molar-refractivity contribution in [3.63, 3.8) is 0 Å². The zero-order valence-electron chi connectivity index (χ0n) is 30.7. The summed E-state index contributed by atoms with van der Waals surface area (Å²) in [6, 6.07) is 79.4. The van der Waals surface area contributed by atoms with Gasteiger partial charge in [0.15, 0.2) is 0 Å². The third-order valence-corrected chi connectivity index (χ3v) is 11.3. The van der Waals surface area contributed by atoms with Gasteiger partial charge >= 0.3 is 0 Å². The highest BCUT2D eigenvalue weighted by Crippen LogP contribution is 2.40. The minimum atomic E-state index is 1.15. The third-order valence-electron chi connectivity index (χ3n) is 11.3. The molecule has 11 rings (SSSR count). The summed E-state index contributed by atoms with van der Waals surface area (Å²) in [5, 5.41) is 4.97. The lowest BCUT2D eigenvalue weighted by Crippen LogP contribution is -1.95. The van der Waals surface area contributed by atoms with Crippen molar-refractivity contribution in [2.24, 2.45) is 0 Å². The Morgan fingerprint density at radius 2 is 0.571 bits per heavy atom. The fourth-order valence-electron chi connectivity index (χ4n) is 8.61. The molecule has 0 saturated carbocycles. The van der Waals surface area contributed by atoms with E-state index in [-0.39, 0.29) is 0 Å². The van der Waals surface area contributed by atoms with Crippen LogP contribution in [0.3, 0.4) is 0 Å². The van der Waals surface area contributed by atoms with Gasteiger partial charge in [-0.3, -0.25) is 0 Å². The van der Waals surface area contributed by atoms with Gasteiger partial charge in [-0.2, -0.15) is 0 Å². The summed E-state index contributed by atoms with van der Waals surface area (Å²) in [5.41, 5.74) is 16.8. The first-order valence-corrected chi connectivity index (χ1v) is 19.3. The van der Waals surface area contributed by atoms with Crippen molar-refractivity contribution in [2.75, 3.05) is 0 Å².